The quantitative estimate of drug-likeness (QED) is 0.892. The normalized spacial score (nSPS) is 17.8. The van der Waals surface area contributed by atoms with E-state index >= 15 is 0 Å². The molecule has 1 fully saturated rings. The van der Waals surface area contributed by atoms with Gasteiger partial charge in [-0.1, -0.05) is 6.07 Å². The van der Waals surface area contributed by atoms with Crippen molar-refractivity contribution in [2.75, 3.05) is 25.5 Å². The van der Waals surface area contributed by atoms with E-state index in [0.717, 1.165) is 31.0 Å². The van der Waals surface area contributed by atoms with Gasteiger partial charge in [-0.05, 0) is 56.5 Å². The van der Waals surface area contributed by atoms with E-state index in [-0.39, 0.29) is 5.91 Å². The zero-order valence-electron chi connectivity index (χ0n) is 15.6. The SMILES string of the molecule is COC(C)(C)C(=O)N1CCC[C@H](c2ccnc(Nc3ccccn3)c2)C1. The first-order valence-corrected chi connectivity index (χ1v) is 8.98. The van der Waals surface area contributed by atoms with E-state index in [1.54, 1.807) is 19.5 Å². The number of nitrogens with zero attached hydrogens (tertiary/aromatic N) is 3. The van der Waals surface area contributed by atoms with Crippen LogP contribution in [0, 0.1) is 0 Å². The molecule has 6 nitrogen and oxygen atoms in total. The van der Waals surface area contributed by atoms with E-state index in [0.29, 0.717) is 12.5 Å². The zero-order chi connectivity index (χ0) is 18.6. The Morgan fingerprint density at radius 3 is 2.77 bits per heavy atom. The molecule has 2 aromatic heterocycles. The second kappa shape index (κ2) is 7.83. The standard InChI is InChI=1S/C20H26N4O2/c1-20(2,26-3)19(25)24-12-6-7-16(14-24)15-9-11-22-18(13-15)23-17-8-4-5-10-21-17/h4-5,8-11,13,16H,6-7,12,14H2,1-3H3,(H,21,22,23)/t16-/m0/s1. The highest BCUT2D eigenvalue weighted by Gasteiger charge is 2.34. The average Bonchev–Trinajstić information content (AvgIpc) is 2.68. The van der Waals surface area contributed by atoms with Gasteiger partial charge < -0.3 is 15.0 Å². The monoisotopic (exact) mass is 354 g/mol. The third kappa shape index (κ3) is 4.19. The molecule has 1 aliphatic heterocycles. The van der Waals surface area contributed by atoms with E-state index in [2.05, 4.69) is 21.4 Å². The van der Waals surface area contributed by atoms with E-state index < -0.39 is 5.60 Å². The van der Waals surface area contributed by atoms with E-state index in [9.17, 15) is 4.79 Å². The summed E-state index contributed by atoms with van der Waals surface area (Å²) in [4.78, 5) is 23.3. The molecule has 0 saturated carbocycles. The molecule has 1 amide bonds. The number of rotatable bonds is 5. The van der Waals surface area contributed by atoms with Crippen molar-refractivity contribution in [2.24, 2.45) is 0 Å². The molecule has 6 heteroatoms. The number of methoxy groups -OCH3 is 1. The summed E-state index contributed by atoms with van der Waals surface area (Å²) < 4.78 is 5.36. The Morgan fingerprint density at radius 1 is 1.23 bits per heavy atom. The minimum absolute atomic E-state index is 0.0468. The minimum atomic E-state index is -0.786. The van der Waals surface area contributed by atoms with Crippen LogP contribution in [-0.4, -0.2) is 46.6 Å². The first-order chi connectivity index (χ1) is 12.5. The van der Waals surface area contributed by atoms with Crippen LogP contribution in [0.3, 0.4) is 0 Å². The van der Waals surface area contributed by atoms with Crippen LogP contribution in [0.15, 0.2) is 42.7 Å². The van der Waals surface area contributed by atoms with Gasteiger partial charge in [0.15, 0.2) is 0 Å². The van der Waals surface area contributed by atoms with Crippen LogP contribution in [0.1, 0.15) is 38.2 Å². The Balaban J connectivity index is 1.72. The van der Waals surface area contributed by atoms with Gasteiger partial charge >= 0.3 is 0 Å². The van der Waals surface area contributed by atoms with Crippen LogP contribution in [-0.2, 0) is 9.53 Å². The fourth-order valence-electron chi connectivity index (χ4n) is 3.24. The summed E-state index contributed by atoms with van der Waals surface area (Å²) in [5, 5.41) is 3.23. The maximum atomic E-state index is 12.7. The lowest BCUT2D eigenvalue weighted by Crippen LogP contribution is -2.49. The minimum Gasteiger partial charge on any atom is -0.369 e. The molecule has 3 rings (SSSR count). The molecule has 1 atom stereocenters. The highest BCUT2D eigenvalue weighted by atomic mass is 16.5. The number of aromatic nitrogens is 2. The summed E-state index contributed by atoms with van der Waals surface area (Å²) in [5.41, 5.74) is 0.400. The van der Waals surface area contributed by atoms with Crippen molar-refractivity contribution < 1.29 is 9.53 Å². The third-order valence-corrected chi connectivity index (χ3v) is 4.91. The number of piperidine rings is 1. The molecule has 0 radical (unpaired) electrons. The summed E-state index contributed by atoms with van der Waals surface area (Å²) >= 11 is 0. The lowest BCUT2D eigenvalue weighted by Gasteiger charge is -2.37. The highest BCUT2D eigenvalue weighted by Crippen LogP contribution is 2.29. The summed E-state index contributed by atoms with van der Waals surface area (Å²) in [7, 11) is 1.58. The maximum Gasteiger partial charge on any atom is 0.254 e. The van der Waals surface area contributed by atoms with Crippen molar-refractivity contribution in [1.29, 1.82) is 0 Å². The van der Waals surface area contributed by atoms with Gasteiger partial charge in [0.2, 0.25) is 0 Å². The van der Waals surface area contributed by atoms with E-state index in [4.69, 9.17) is 4.74 Å². The predicted molar refractivity (Wildman–Crippen MR) is 101 cm³/mol. The second-order valence-electron chi connectivity index (χ2n) is 7.12. The Hall–Kier alpha value is -2.47. The molecular weight excluding hydrogens is 328 g/mol. The molecule has 0 aliphatic carbocycles. The van der Waals surface area contributed by atoms with Crippen molar-refractivity contribution in [2.45, 2.75) is 38.2 Å². The van der Waals surface area contributed by atoms with Crippen molar-refractivity contribution >= 4 is 17.5 Å². The van der Waals surface area contributed by atoms with Crippen molar-refractivity contribution in [3.63, 3.8) is 0 Å². The van der Waals surface area contributed by atoms with Gasteiger partial charge in [-0.25, -0.2) is 9.97 Å². The molecular formula is C20H26N4O2. The molecule has 26 heavy (non-hydrogen) atoms. The molecule has 0 bridgehead atoms. The zero-order valence-corrected chi connectivity index (χ0v) is 15.6. The number of pyridine rings is 2. The van der Waals surface area contributed by atoms with Crippen LogP contribution < -0.4 is 5.32 Å². The summed E-state index contributed by atoms with van der Waals surface area (Å²) in [6.45, 7) is 5.13. The van der Waals surface area contributed by atoms with Crippen molar-refractivity contribution in [1.82, 2.24) is 14.9 Å². The smallest absolute Gasteiger partial charge is 0.254 e. The Kier molecular flexibility index (Phi) is 5.52. The molecule has 2 aromatic rings. The summed E-state index contributed by atoms with van der Waals surface area (Å²) in [6, 6.07) is 9.80. The lowest BCUT2D eigenvalue weighted by atomic mass is 9.90. The molecule has 1 aliphatic rings. The van der Waals surface area contributed by atoms with Gasteiger partial charge in [0.25, 0.3) is 5.91 Å². The third-order valence-electron chi connectivity index (χ3n) is 4.91. The van der Waals surface area contributed by atoms with Gasteiger partial charge in [-0.15, -0.1) is 0 Å². The second-order valence-corrected chi connectivity index (χ2v) is 7.12. The topological polar surface area (TPSA) is 67.3 Å². The number of carbonyl (C=O) groups is 1. The fourth-order valence-corrected chi connectivity index (χ4v) is 3.24. The van der Waals surface area contributed by atoms with Gasteiger partial charge in [0, 0.05) is 38.5 Å². The van der Waals surface area contributed by atoms with Gasteiger partial charge in [0.05, 0.1) is 0 Å². The molecule has 1 saturated heterocycles. The fraction of sp³-hybridized carbons (Fsp3) is 0.450. The van der Waals surface area contributed by atoms with Crippen LogP contribution in [0.2, 0.25) is 0 Å². The van der Waals surface area contributed by atoms with Crippen LogP contribution in [0.4, 0.5) is 11.6 Å². The first-order valence-electron chi connectivity index (χ1n) is 8.98. The van der Waals surface area contributed by atoms with Gasteiger partial charge in [-0.3, -0.25) is 4.79 Å². The number of likely N-dealkylation sites (tertiary alicyclic amines) is 1. The van der Waals surface area contributed by atoms with Crippen molar-refractivity contribution in [3.8, 4) is 0 Å². The van der Waals surface area contributed by atoms with Gasteiger partial charge in [0.1, 0.15) is 17.2 Å². The number of hydrogen-bond acceptors (Lipinski definition) is 5. The number of anilines is 2. The number of amides is 1. The molecule has 0 unspecified atom stereocenters. The highest BCUT2D eigenvalue weighted by molar-refractivity contribution is 5.84. The number of hydrogen-bond donors (Lipinski definition) is 1. The maximum absolute atomic E-state index is 12.7. The van der Waals surface area contributed by atoms with Crippen LogP contribution in [0.25, 0.3) is 0 Å². The summed E-state index contributed by atoms with van der Waals surface area (Å²) in [6.07, 6.45) is 5.60. The van der Waals surface area contributed by atoms with E-state index in [1.165, 1.54) is 5.56 Å². The van der Waals surface area contributed by atoms with Crippen LogP contribution >= 0.6 is 0 Å². The van der Waals surface area contributed by atoms with Crippen molar-refractivity contribution in [3.05, 3.63) is 48.3 Å². The Morgan fingerprint density at radius 2 is 2.04 bits per heavy atom. The molecule has 1 N–H and O–H groups in total. The number of nitrogens with one attached hydrogen (secondary N) is 1. The number of carbonyl (C=O) groups excluding carboxylic acids is 1. The first kappa shape index (κ1) is 18.3. The number of ether oxygens (including phenoxy) is 1. The molecule has 0 spiro atoms. The van der Waals surface area contributed by atoms with E-state index in [1.807, 2.05) is 43.0 Å². The Labute approximate surface area is 154 Å². The Bertz CT molecular complexity index is 748. The lowest BCUT2D eigenvalue weighted by molar-refractivity contribution is -0.152. The summed E-state index contributed by atoms with van der Waals surface area (Å²) in [5.74, 6) is 1.87. The molecule has 3 heterocycles. The van der Waals surface area contributed by atoms with Gasteiger partial charge in [-0.2, -0.15) is 0 Å². The largest absolute Gasteiger partial charge is 0.369 e. The molecule has 0 aromatic carbocycles. The molecule has 138 valence electrons. The average molecular weight is 354 g/mol. The predicted octanol–water partition coefficient (Wildman–Crippen LogP) is 3.35. The van der Waals surface area contributed by atoms with Crippen LogP contribution in [0.5, 0.6) is 0 Å².